The van der Waals surface area contributed by atoms with Gasteiger partial charge in [0.15, 0.2) is 0 Å². The number of carbonyl (C=O) groups is 6. The maximum atomic E-state index is 11.9. The smallest absolute Gasteiger partial charge is 0.550 e. The van der Waals surface area contributed by atoms with Crippen LogP contribution in [0.15, 0.2) is 0 Å². The topological polar surface area (TPSA) is 192 Å². The maximum absolute atomic E-state index is 11.9. The Hall–Kier alpha value is -2.32. The largest absolute Gasteiger partial charge is 2.00 e. The number of Topliss-reactive ketones (excluding diaryl/α,β-unsaturated/α-hetero) is 2. The van der Waals surface area contributed by atoms with E-state index in [0.717, 1.165) is 0 Å². The molecule has 0 spiro atoms. The van der Waals surface area contributed by atoms with E-state index in [0.29, 0.717) is 52.6 Å². The van der Waals surface area contributed by atoms with Gasteiger partial charge in [0, 0.05) is 79.4 Å². The van der Waals surface area contributed by atoms with Crippen molar-refractivity contribution in [3.63, 3.8) is 0 Å². The van der Waals surface area contributed by atoms with Crippen molar-refractivity contribution in [1.29, 1.82) is 0 Å². The van der Waals surface area contributed by atoms with Crippen molar-refractivity contribution in [3.05, 3.63) is 0 Å². The summed E-state index contributed by atoms with van der Waals surface area (Å²) < 4.78 is 19.6. The van der Waals surface area contributed by atoms with Crippen molar-refractivity contribution in [2.24, 2.45) is 0 Å². The summed E-state index contributed by atoms with van der Waals surface area (Å²) in [5.74, 6) is -3.50. The van der Waals surface area contributed by atoms with Crippen molar-refractivity contribution >= 4 is 35.3 Å². The first-order valence-corrected chi connectivity index (χ1v) is 13.0. The van der Waals surface area contributed by atoms with E-state index < -0.39 is 11.9 Å². The first kappa shape index (κ1) is 43.1. The van der Waals surface area contributed by atoms with Crippen LogP contribution in [0.5, 0.6) is 0 Å². The Bertz CT molecular complexity index is 689. The fourth-order valence-electron chi connectivity index (χ4n) is 3.13. The van der Waals surface area contributed by atoms with Crippen LogP contribution in [0.1, 0.15) is 51.4 Å². The van der Waals surface area contributed by atoms with Gasteiger partial charge in [-0.1, -0.05) is 0 Å². The molecule has 14 nitrogen and oxygen atoms in total. The molecule has 0 N–H and O–H groups in total. The quantitative estimate of drug-likeness (QED) is 0.0831. The van der Waals surface area contributed by atoms with Gasteiger partial charge < -0.3 is 48.5 Å². The molecule has 0 aromatic rings. The number of rotatable bonds is 24. The normalized spacial score (nSPS) is 10.0. The molecule has 0 aliphatic rings. The van der Waals surface area contributed by atoms with Gasteiger partial charge in [0.25, 0.3) is 0 Å². The third kappa shape index (κ3) is 27.6. The molecule has 0 rings (SSSR count). The van der Waals surface area contributed by atoms with Gasteiger partial charge in [-0.3, -0.25) is 19.2 Å². The van der Waals surface area contributed by atoms with Crippen molar-refractivity contribution < 1.29 is 77.4 Å². The predicted octanol–water partition coefficient (Wildman–Crippen LogP) is -2.03. The van der Waals surface area contributed by atoms with E-state index in [-0.39, 0.29) is 94.2 Å². The van der Waals surface area contributed by atoms with Crippen molar-refractivity contribution in [2.75, 3.05) is 81.0 Å². The molecule has 0 radical (unpaired) electrons. The van der Waals surface area contributed by atoms with Crippen LogP contribution in [0.2, 0.25) is 0 Å². The minimum Gasteiger partial charge on any atom is -0.550 e. The van der Waals surface area contributed by atoms with Crippen LogP contribution in [-0.2, 0) is 67.2 Å². The fourth-order valence-corrected chi connectivity index (χ4v) is 3.13. The molecule has 41 heavy (non-hydrogen) atoms. The standard InChI is InChI=1S/2C13H23NO6.Zn/c2*1-19-8-6-14(7-9-20-2)12(16)10-11(15)4-3-5-13(17)18;/h2*3-10H2,1-2H3,(H,17,18);/q;;+2/p-2. The van der Waals surface area contributed by atoms with E-state index in [1.807, 2.05) is 0 Å². The second-order valence-corrected chi connectivity index (χ2v) is 8.61. The number of methoxy groups -OCH3 is 4. The van der Waals surface area contributed by atoms with Crippen LogP contribution in [0, 0.1) is 0 Å². The summed E-state index contributed by atoms with van der Waals surface area (Å²) in [5.41, 5.74) is 0. The van der Waals surface area contributed by atoms with E-state index >= 15 is 0 Å². The number of carboxylic acids is 2. The Kier molecular flexibility index (Phi) is 30.7. The molecule has 232 valence electrons. The Balaban J connectivity index is -0.000000688. The third-order valence-electron chi connectivity index (χ3n) is 5.34. The first-order valence-electron chi connectivity index (χ1n) is 13.0. The molecule has 0 aliphatic heterocycles. The number of ketones is 2. The van der Waals surface area contributed by atoms with Gasteiger partial charge in [-0.2, -0.15) is 0 Å². The van der Waals surface area contributed by atoms with Gasteiger partial charge in [-0.25, -0.2) is 0 Å². The van der Waals surface area contributed by atoms with Crippen LogP contribution in [0.4, 0.5) is 0 Å². The van der Waals surface area contributed by atoms with Crippen molar-refractivity contribution in [3.8, 4) is 0 Å². The van der Waals surface area contributed by atoms with Crippen LogP contribution >= 0.6 is 0 Å². The summed E-state index contributed by atoms with van der Waals surface area (Å²) in [6.07, 6.45) is -0.242. The maximum Gasteiger partial charge on any atom is 2.00 e. The Labute approximate surface area is 254 Å². The number of carboxylic acid groups (broad SMARTS) is 2. The number of hydrogen-bond donors (Lipinski definition) is 0. The number of amides is 2. The van der Waals surface area contributed by atoms with Crippen molar-refractivity contribution in [2.45, 2.75) is 51.4 Å². The molecule has 0 aromatic carbocycles. The van der Waals surface area contributed by atoms with E-state index in [9.17, 15) is 39.0 Å². The predicted molar refractivity (Wildman–Crippen MR) is 138 cm³/mol. The second kappa shape index (κ2) is 29.2. The zero-order valence-electron chi connectivity index (χ0n) is 24.8. The minimum atomic E-state index is -1.19. The number of hydrogen-bond acceptors (Lipinski definition) is 12. The molecule has 15 heteroatoms. The number of carbonyl (C=O) groups excluding carboxylic acids is 6. The Morgan fingerprint density at radius 3 is 1.00 bits per heavy atom. The monoisotopic (exact) mass is 640 g/mol. The average molecular weight is 642 g/mol. The summed E-state index contributed by atoms with van der Waals surface area (Å²) in [5, 5.41) is 20.4. The molecule has 0 bridgehead atoms. The fraction of sp³-hybridized carbons (Fsp3) is 0.769. The summed E-state index contributed by atoms with van der Waals surface area (Å²) in [4.78, 5) is 70.4. The number of aliphatic carboxylic acids is 2. The van der Waals surface area contributed by atoms with E-state index in [2.05, 4.69) is 0 Å². The molecule has 0 heterocycles. The van der Waals surface area contributed by atoms with Crippen LogP contribution in [0.25, 0.3) is 0 Å². The molecule has 0 aromatic heterocycles. The molecular weight excluding hydrogens is 598 g/mol. The van der Waals surface area contributed by atoms with Gasteiger partial charge >= 0.3 is 19.5 Å². The van der Waals surface area contributed by atoms with Crippen LogP contribution in [0.3, 0.4) is 0 Å². The van der Waals surface area contributed by atoms with Gasteiger partial charge in [-0.05, 0) is 25.7 Å². The van der Waals surface area contributed by atoms with Crippen LogP contribution < -0.4 is 10.2 Å². The Morgan fingerprint density at radius 1 is 0.512 bits per heavy atom. The van der Waals surface area contributed by atoms with Gasteiger partial charge in [0.2, 0.25) is 11.8 Å². The SMILES string of the molecule is COCCN(CCOC)C(=O)CC(=O)CCCC(=O)[O-].COCCN(CCOC)C(=O)CC(=O)CCCC(=O)[O-].[Zn+2]. The summed E-state index contributed by atoms with van der Waals surface area (Å²) in [6, 6.07) is 0. The number of nitrogens with zero attached hydrogens (tertiary/aromatic N) is 2. The van der Waals surface area contributed by atoms with Crippen molar-refractivity contribution in [1.82, 2.24) is 9.80 Å². The molecule has 0 saturated heterocycles. The second-order valence-electron chi connectivity index (χ2n) is 8.61. The molecule has 0 aliphatic carbocycles. The first-order chi connectivity index (χ1) is 19.0. The Morgan fingerprint density at radius 2 is 0.780 bits per heavy atom. The van der Waals surface area contributed by atoms with E-state index in [4.69, 9.17) is 18.9 Å². The molecule has 0 unspecified atom stereocenters. The molecule has 0 atom stereocenters. The molecule has 0 saturated carbocycles. The van der Waals surface area contributed by atoms with Gasteiger partial charge in [0.1, 0.15) is 11.6 Å². The molecule has 2 amide bonds. The average Bonchev–Trinajstić information content (AvgIpc) is 2.88. The zero-order chi connectivity index (χ0) is 30.8. The summed E-state index contributed by atoms with van der Waals surface area (Å²) in [7, 11) is 6.13. The minimum absolute atomic E-state index is 0. The molecule has 0 fully saturated rings. The van der Waals surface area contributed by atoms with Gasteiger partial charge in [-0.15, -0.1) is 0 Å². The molecular formula is C26H44N2O12Zn. The zero-order valence-corrected chi connectivity index (χ0v) is 27.8. The van der Waals surface area contributed by atoms with Gasteiger partial charge in [0.05, 0.1) is 39.3 Å². The summed E-state index contributed by atoms with van der Waals surface area (Å²) >= 11 is 0. The third-order valence-corrected chi connectivity index (χ3v) is 5.34. The van der Waals surface area contributed by atoms with E-state index in [1.54, 1.807) is 0 Å². The van der Waals surface area contributed by atoms with Crippen LogP contribution in [-0.4, -0.2) is 126 Å². The summed E-state index contributed by atoms with van der Waals surface area (Å²) in [6.45, 7) is 3.11. The van der Waals surface area contributed by atoms with E-state index in [1.165, 1.54) is 38.2 Å². The number of ether oxygens (including phenoxy) is 4.